The lowest BCUT2D eigenvalue weighted by Gasteiger charge is -2.37. The molecule has 30 heavy (non-hydrogen) atoms. The zero-order valence-corrected chi connectivity index (χ0v) is 17.4. The zero-order valence-electron chi connectivity index (χ0n) is 16.6. The largest absolute Gasteiger partial charge is 0.467 e. The summed E-state index contributed by atoms with van der Waals surface area (Å²) in [5, 5.41) is 1.05. The number of sulfone groups is 1. The van der Waals surface area contributed by atoms with Gasteiger partial charge in [-0.05, 0) is 24.5 Å². The Kier molecular flexibility index (Phi) is 6.76. The van der Waals surface area contributed by atoms with Gasteiger partial charge in [-0.15, -0.1) is 0 Å². The maximum Gasteiger partial charge on any atom is 0.410 e. The number of esters is 1. The second-order valence-electron chi connectivity index (χ2n) is 7.16. The Morgan fingerprint density at radius 1 is 1.20 bits per heavy atom. The minimum absolute atomic E-state index is 0.0589. The summed E-state index contributed by atoms with van der Waals surface area (Å²) >= 11 is 0. The topological polar surface area (TPSA) is 110 Å². The van der Waals surface area contributed by atoms with Crippen LogP contribution >= 0.6 is 0 Å². The lowest BCUT2D eigenvalue weighted by Crippen LogP contribution is -2.52. The summed E-state index contributed by atoms with van der Waals surface area (Å²) in [5.74, 6) is -1.65. The number of cyclic esters (lactones) is 1. The fourth-order valence-electron chi connectivity index (χ4n) is 3.60. The van der Waals surface area contributed by atoms with Crippen molar-refractivity contribution in [3.8, 4) is 0 Å². The van der Waals surface area contributed by atoms with Gasteiger partial charge in [0.05, 0.1) is 7.11 Å². The van der Waals surface area contributed by atoms with Crippen LogP contribution < -0.4 is 0 Å². The summed E-state index contributed by atoms with van der Waals surface area (Å²) in [5.41, 5.74) is 0.729. The van der Waals surface area contributed by atoms with Crippen LogP contribution in [0.2, 0.25) is 0 Å². The molecule has 2 saturated heterocycles. The molecule has 0 radical (unpaired) electrons. The molecule has 0 bridgehead atoms. The van der Waals surface area contributed by atoms with Gasteiger partial charge in [-0.2, -0.15) is 0 Å². The van der Waals surface area contributed by atoms with Crippen molar-refractivity contribution in [3.05, 3.63) is 41.3 Å². The summed E-state index contributed by atoms with van der Waals surface area (Å²) in [6.45, 7) is 0.523. The molecule has 3 rings (SSSR count). The molecule has 0 aliphatic carbocycles. The van der Waals surface area contributed by atoms with Gasteiger partial charge in [0, 0.05) is 24.5 Å². The number of likely N-dealkylation sites (tertiary alicyclic amines) is 1. The third-order valence-corrected chi connectivity index (χ3v) is 6.39. The minimum atomic E-state index is -3.71. The molecule has 10 heteroatoms. The van der Waals surface area contributed by atoms with Gasteiger partial charge in [0.1, 0.15) is 12.4 Å². The predicted molar refractivity (Wildman–Crippen MR) is 108 cm³/mol. The molecule has 1 aromatic carbocycles. The lowest BCUT2D eigenvalue weighted by atomic mass is 10.0. The normalized spacial score (nSPS) is 20.4. The number of nitrogens with zero attached hydrogens (tertiary/aromatic N) is 2. The van der Waals surface area contributed by atoms with E-state index in [-0.39, 0.29) is 12.6 Å². The van der Waals surface area contributed by atoms with E-state index in [1.165, 1.54) is 23.0 Å². The van der Waals surface area contributed by atoms with E-state index in [1.54, 1.807) is 24.3 Å². The number of carbonyl (C=O) groups excluding carboxylic acids is 3. The number of hydrogen-bond donors (Lipinski definition) is 0. The first kappa shape index (κ1) is 21.8. The van der Waals surface area contributed by atoms with Crippen LogP contribution in [0.5, 0.6) is 0 Å². The Morgan fingerprint density at radius 2 is 1.87 bits per heavy atom. The first-order valence-electron chi connectivity index (χ1n) is 9.57. The number of rotatable bonds is 6. The van der Waals surface area contributed by atoms with E-state index in [2.05, 4.69) is 0 Å². The van der Waals surface area contributed by atoms with Crippen LogP contribution in [0.15, 0.2) is 35.7 Å². The van der Waals surface area contributed by atoms with Crippen molar-refractivity contribution in [1.29, 1.82) is 0 Å². The van der Waals surface area contributed by atoms with E-state index in [0.717, 1.165) is 11.0 Å². The summed E-state index contributed by atoms with van der Waals surface area (Å²) in [7, 11) is -2.46. The number of amides is 2. The molecule has 0 aromatic heterocycles. The summed E-state index contributed by atoms with van der Waals surface area (Å²) in [6, 6.07) is 7.88. The monoisotopic (exact) mass is 436 g/mol. The molecule has 9 nitrogen and oxygen atoms in total. The van der Waals surface area contributed by atoms with Gasteiger partial charge < -0.3 is 14.4 Å². The summed E-state index contributed by atoms with van der Waals surface area (Å²) in [4.78, 5) is 39.2. The Morgan fingerprint density at radius 3 is 2.50 bits per heavy atom. The molecule has 0 N–H and O–H groups in total. The Hall–Kier alpha value is -2.88. The van der Waals surface area contributed by atoms with Crippen LogP contribution in [0.3, 0.4) is 0 Å². The van der Waals surface area contributed by atoms with Crippen molar-refractivity contribution in [2.75, 3.05) is 32.6 Å². The van der Waals surface area contributed by atoms with Crippen LogP contribution in [0.1, 0.15) is 18.4 Å². The standard InChI is InChI=1S/C20H24N2O7S/c1-28-19(24)17-13-29-20(25)22(17)16-7-10-21(11-8-16)18(23)14-30(26,27)12-9-15-5-3-2-4-6-15/h2-6,9,12,16-17H,7-8,10-11,13-14H2,1H3. The zero-order chi connectivity index (χ0) is 21.7. The van der Waals surface area contributed by atoms with Crippen LogP contribution in [0, 0.1) is 0 Å². The van der Waals surface area contributed by atoms with Gasteiger partial charge >= 0.3 is 12.1 Å². The smallest absolute Gasteiger partial charge is 0.410 e. The highest BCUT2D eigenvalue weighted by molar-refractivity contribution is 7.95. The minimum Gasteiger partial charge on any atom is -0.467 e. The average molecular weight is 436 g/mol. The molecule has 1 unspecified atom stereocenters. The quantitative estimate of drug-likeness (QED) is 0.613. The molecule has 2 heterocycles. The van der Waals surface area contributed by atoms with E-state index in [0.29, 0.717) is 25.9 Å². The number of ether oxygens (including phenoxy) is 2. The highest BCUT2D eigenvalue weighted by Crippen LogP contribution is 2.24. The molecule has 0 saturated carbocycles. The highest BCUT2D eigenvalue weighted by atomic mass is 32.2. The molecule has 2 fully saturated rings. The summed E-state index contributed by atoms with van der Waals surface area (Å²) < 4.78 is 34.2. The highest BCUT2D eigenvalue weighted by Gasteiger charge is 2.44. The molecule has 2 aliphatic rings. The molecule has 1 atom stereocenters. The van der Waals surface area contributed by atoms with Gasteiger partial charge in [0.25, 0.3) is 0 Å². The average Bonchev–Trinajstić information content (AvgIpc) is 3.13. The van der Waals surface area contributed by atoms with E-state index in [9.17, 15) is 22.8 Å². The third-order valence-electron chi connectivity index (χ3n) is 5.19. The van der Waals surface area contributed by atoms with Crippen molar-refractivity contribution in [1.82, 2.24) is 9.80 Å². The first-order chi connectivity index (χ1) is 14.3. The molecular weight excluding hydrogens is 412 g/mol. The first-order valence-corrected chi connectivity index (χ1v) is 11.3. The Labute approximate surface area is 175 Å². The number of hydrogen-bond acceptors (Lipinski definition) is 7. The van der Waals surface area contributed by atoms with E-state index in [4.69, 9.17) is 9.47 Å². The van der Waals surface area contributed by atoms with E-state index < -0.39 is 39.6 Å². The fourth-order valence-corrected chi connectivity index (χ4v) is 4.59. The van der Waals surface area contributed by atoms with Crippen LogP contribution in [0.25, 0.3) is 6.08 Å². The van der Waals surface area contributed by atoms with Crippen molar-refractivity contribution >= 4 is 33.9 Å². The number of piperidine rings is 1. The molecule has 2 aliphatic heterocycles. The second kappa shape index (κ2) is 9.29. The van der Waals surface area contributed by atoms with Gasteiger partial charge in [-0.1, -0.05) is 30.3 Å². The van der Waals surface area contributed by atoms with Crippen LogP contribution in [-0.2, 0) is 28.9 Å². The van der Waals surface area contributed by atoms with Gasteiger partial charge in [0.2, 0.25) is 5.91 Å². The maximum atomic E-state index is 12.5. The van der Waals surface area contributed by atoms with Gasteiger partial charge in [-0.3, -0.25) is 9.69 Å². The van der Waals surface area contributed by atoms with Crippen molar-refractivity contribution < 1.29 is 32.3 Å². The Balaban J connectivity index is 1.55. The Bertz CT molecular complexity index is 922. The summed E-state index contributed by atoms with van der Waals surface area (Å²) in [6.07, 6.45) is 1.73. The van der Waals surface area contributed by atoms with E-state index in [1.807, 2.05) is 6.07 Å². The van der Waals surface area contributed by atoms with E-state index >= 15 is 0 Å². The SMILES string of the molecule is COC(=O)C1COC(=O)N1C1CCN(C(=O)CS(=O)(=O)C=Cc2ccccc2)CC1. The van der Waals surface area contributed by atoms with Gasteiger partial charge in [0.15, 0.2) is 15.9 Å². The second-order valence-corrected chi connectivity index (χ2v) is 9.04. The molecule has 162 valence electrons. The van der Waals surface area contributed by atoms with Crippen molar-refractivity contribution in [3.63, 3.8) is 0 Å². The molecule has 0 spiro atoms. The third kappa shape index (κ3) is 5.18. The lowest BCUT2D eigenvalue weighted by molar-refractivity contribution is -0.146. The number of carbonyl (C=O) groups is 3. The van der Waals surface area contributed by atoms with Crippen LogP contribution in [-0.4, -0.2) is 80.8 Å². The van der Waals surface area contributed by atoms with Gasteiger partial charge in [-0.25, -0.2) is 18.0 Å². The maximum absolute atomic E-state index is 12.5. The molecular formula is C20H24N2O7S. The number of methoxy groups -OCH3 is 1. The predicted octanol–water partition coefficient (Wildman–Crippen LogP) is 1.06. The number of benzene rings is 1. The van der Waals surface area contributed by atoms with Crippen molar-refractivity contribution in [2.45, 2.75) is 24.9 Å². The molecule has 2 amide bonds. The fraction of sp³-hybridized carbons (Fsp3) is 0.450. The van der Waals surface area contributed by atoms with Crippen molar-refractivity contribution in [2.24, 2.45) is 0 Å². The molecule has 1 aromatic rings. The van der Waals surface area contributed by atoms with Crippen LogP contribution in [0.4, 0.5) is 4.79 Å².